The number of pyridine rings is 1. The van der Waals surface area contributed by atoms with Gasteiger partial charge >= 0.3 is 6.09 Å². The van der Waals surface area contributed by atoms with Gasteiger partial charge in [-0.3, -0.25) is 4.98 Å². The number of aliphatic hydroxyl groups is 2. The number of unbranched alkanes of at least 4 members (excludes halogenated alkanes) is 11. The van der Waals surface area contributed by atoms with Crippen LogP contribution in [0.2, 0.25) is 0 Å². The third-order valence-corrected chi connectivity index (χ3v) is 16.0. The third-order valence-electron chi connectivity index (χ3n) is 14.1. The van der Waals surface area contributed by atoms with Gasteiger partial charge in [-0.05, 0) is 107 Å². The average molecular weight is 987 g/mol. The van der Waals surface area contributed by atoms with Crippen molar-refractivity contribution in [1.82, 2.24) is 14.6 Å². The Morgan fingerprint density at radius 3 is 2.31 bits per heavy atom. The Kier molecular flexibility index (Phi) is 20.7. The van der Waals surface area contributed by atoms with Gasteiger partial charge in [0.25, 0.3) is 0 Å². The second kappa shape index (κ2) is 26.4. The van der Waals surface area contributed by atoms with Crippen molar-refractivity contribution in [1.29, 1.82) is 0 Å². The van der Waals surface area contributed by atoms with E-state index in [4.69, 9.17) is 24.2 Å². The Bertz CT molecular complexity index is 2330. The molecule has 0 spiro atoms. The van der Waals surface area contributed by atoms with Crippen LogP contribution in [-0.4, -0.2) is 90.1 Å². The molecule has 386 valence electrons. The zero-order valence-electron chi connectivity index (χ0n) is 42.7. The number of allylic oxidation sites excluding steroid dienone is 1. The maximum Gasteiger partial charge on any atom is 0.412 e. The van der Waals surface area contributed by atoms with Crippen molar-refractivity contribution < 1.29 is 42.5 Å². The Labute approximate surface area is 418 Å². The number of hydrogen-bond donors (Lipinski definition) is 3. The van der Waals surface area contributed by atoms with E-state index in [1.54, 1.807) is 36.5 Å². The summed E-state index contributed by atoms with van der Waals surface area (Å²) in [7, 11) is -4.31. The van der Waals surface area contributed by atoms with E-state index in [-0.39, 0.29) is 55.4 Å². The minimum atomic E-state index is -4.31. The van der Waals surface area contributed by atoms with Gasteiger partial charge in [-0.15, -0.1) is 6.58 Å². The first-order chi connectivity index (χ1) is 33.8. The second-order valence-corrected chi connectivity index (χ2v) is 22.3. The van der Waals surface area contributed by atoms with Gasteiger partial charge in [0.1, 0.15) is 22.0 Å². The number of hydrogen-bond acceptors (Lipinski definition) is 11. The molecule has 1 aliphatic heterocycles. The van der Waals surface area contributed by atoms with Crippen molar-refractivity contribution in [2.75, 3.05) is 32.9 Å². The van der Waals surface area contributed by atoms with E-state index in [0.717, 1.165) is 56.1 Å². The molecule has 1 fully saturated rings. The van der Waals surface area contributed by atoms with Crippen LogP contribution < -0.4 is 14.8 Å². The number of benzene rings is 2. The van der Waals surface area contributed by atoms with Crippen LogP contribution in [0.5, 0.6) is 11.5 Å². The molecule has 2 heterocycles. The molecule has 6 rings (SSSR count). The van der Waals surface area contributed by atoms with Crippen LogP contribution >= 0.6 is 0 Å². The largest absolute Gasteiger partial charge is 0.460 e. The smallest absolute Gasteiger partial charge is 0.412 e. The van der Waals surface area contributed by atoms with E-state index in [0.29, 0.717) is 53.9 Å². The minimum Gasteiger partial charge on any atom is -0.460 e. The zero-order valence-corrected chi connectivity index (χ0v) is 43.5. The lowest BCUT2D eigenvalue weighted by molar-refractivity contribution is -0.251. The predicted molar refractivity (Wildman–Crippen MR) is 278 cm³/mol. The van der Waals surface area contributed by atoms with Crippen LogP contribution in [-0.2, 0) is 19.6 Å². The molecule has 0 radical (unpaired) electrons. The average Bonchev–Trinajstić information content (AvgIpc) is 3.34. The standard InChI is InChI=1S/C56H82N4O9S/c1-7-10-11-12-13-14-15-16-17-20-32-58-54(63)67-43-30-31-48-46(39-43)51-44(28-19-22-36-62)42(25-18-21-35-61)38-45-47(59-69-55(4,5)6)40-50(56(68-48,52(45)51)66-37-9-3)60(34-8-2)70(64,65)49-29-23-26-41-27-24-33-57-53(41)49/h9,23-24,26-27,29-31,33,38-39,42,44,50-52,61-62H,3,7-8,10-22,25,28,32,34-37,40H2,1-2,4-6H3,(H,58,63). The van der Waals surface area contributed by atoms with E-state index in [2.05, 4.69) is 29.9 Å². The summed E-state index contributed by atoms with van der Waals surface area (Å²) in [6.45, 7) is 14.8. The minimum absolute atomic E-state index is 0.00731. The number of amides is 1. The van der Waals surface area contributed by atoms with Crippen molar-refractivity contribution in [3.63, 3.8) is 0 Å². The van der Waals surface area contributed by atoms with Crippen LogP contribution in [0, 0.1) is 17.8 Å². The predicted octanol–water partition coefficient (Wildman–Crippen LogP) is 11.8. The van der Waals surface area contributed by atoms with Crippen LogP contribution in [0.15, 0.2) is 89.1 Å². The van der Waals surface area contributed by atoms with E-state index >= 15 is 8.42 Å². The highest BCUT2D eigenvalue weighted by Crippen LogP contribution is 2.62. The number of aromatic nitrogens is 1. The third kappa shape index (κ3) is 13.6. The van der Waals surface area contributed by atoms with Gasteiger partial charge in [-0.1, -0.05) is 120 Å². The number of rotatable bonds is 29. The van der Waals surface area contributed by atoms with E-state index < -0.39 is 39.5 Å². The topological polar surface area (TPSA) is 169 Å². The summed E-state index contributed by atoms with van der Waals surface area (Å²) in [6, 6.07) is 13.3. The van der Waals surface area contributed by atoms with Crippen molar-refractivity contribution in [2.24, 2.45) is 22.9 Å². The highest BCUT2D eigenvalue weighted by Gasteiger charge is 2.66. The number of fused-ring (bicyclic) bond motifs is 3. The molecule has 2 aliphatic carbocycles. The lowest BCUT2D eigenvalue weighted by Gasteiger charge is -2.59. The number of para-hydroxylation sites is 1. The van der Waals surface area contributed by atoms with Crippen LogP contribution in [0.4, 0.5) is 4.79 Å². The number of nitrogens with zero attached hydrogens (tertiary/aromatic N) is 3. The fourth-order valence-electron chi connectivity index (χ4n) is 10.9. The molecule has 14 heteroatoms. The highest BCUT2D eigenvalue weighted by atomic mass is 32.2. The first-order valence-corrected chi connectivity index (χ1v) is 27.8. The molecule has 3 N–H and O–H groups in total. The number of nitrogens with one attached hydrogen (secondary N) is 1. The fourth-order valence-corrected chi connectivity index (χ4v) is 12.8. The Balaban J connectivity index is 1.45. The normalized spacial score (nSPS) is 22.5. The molecule has 1 saturated carbocycles. The molecule has 1 amide bonds. The number of oxime groups is 1. The summed E-state index contributed by atoms with van der Waals surface area (Å²) in [5, 5.41) is 28.6. The lowest BCUT2D eigenvalue weighted by atomic mass is 9.55. The number of carbonyl (C=O) groups excluding carboxylic acids is 1. The van der Waals surface area contributed by atoms with E-state index in [1.165, 1.54) is 49.3 Å². The molecule has 6 atom stereocenters. The van der Waals surface area contributed by atoms with E-state index in [1.807, 2.05) is 52.0 Å². The van der Waals surface area contributed by atoms with Gasteiger partial charge in [0.15, 0.2) is 0 Å². The zero-order chi connectivity index (χ0) is 50.2. The number of sulfonamides is 1. The summed E-state index contributed by atoms with van der Waals surface area (Å²) in [6.07, 6.45) is 21.9. The molecular formula is C56H82N4O9S. The summed E-state index contributed by atoms with van der Waals surface area (Å²) < 4.78 is 53.2. The Morgan fingerprint density at radius 1 is 0.929 bits per heavy atom. The highest BCUT2D eigenvalue weighted by molar-refractivity contribution is 7.89. The van der Waals surface area contributed by atoms with Crippen molar-refractivity contribution in [3.05, 3.63) is 84.6 Å². The number of carbonyl (C=O) groups is 1. The maximum absolute atomic E-state index is 15.6. The van der Waals surface area contributed by atoms with Gasteiger partial charge in [0, 0.05) is 55.8 Å². The summed E-state index contributed by atoms with van der Waals surface area (Å²) >= 11 is 0. The molecule has 0 saturated heterocycles. The van der Waals surface area contributed by atoms with Crippen LogP contribution in [0.1, 0.15) is 162 Å². The monoisotopic (exact) mass is 987 g/mol. The van der Waals surface area contributed by atoms with Gasteiger partial charge in [-0.25, -0.2) is 13.2 Å². The van der Waals surface area contributed by atoms with Gasteiger partial charge in [-0.2, -0.15) is 4.31 Å². The maximum atomic E-state index is 15.6. The molecule has 3 aliphatic rings. The van der Waals surface area contributed by atoms with Crippen molar-refractivity contribution in [3.8, 4) is 11.5 Å². The molecule has 13 nitrogen and oxygen atoms in total. The van der Waals surface area contributed by atoms with Crippen molar-refractivity contribution in [2.45, 2.75) is 178 Å². The SMILES string of the molecule is C=CCOC12Oc3ccc(OC(=O)NCCCCCCCCCCCC)cc3C3C(CCCCO)C(CCCCO)C=C(C(=NOC(C)(C)C)CC1N(CCC)S(=O)(=O)c1cccc4cccnc14)C32. The summed E-state index contributed by atoms with van der Waals surface area (Å²) in [5.74, 6) is -1.81. The quantitative estimate of drug-likeness (QED) is 0.0346. The number of ether oxygens (including phenoxy) is 3. The molecule has 70 heavy (non-hydrogen) atoms. The van der Waals surface area contributed by atoms with E-state index in [9.17, 15) is 15.0 Å². The molecule has 2 aromatic carbocycles. The molecule has 3 aromatic rings. The van der Waals surface area contributed by atoms with Gasteiger partial charge < -0.3 is 34.6 Å². The number of aliphatic hydroxyl groups excluding tert-OH is 2. The first kappa shape index (κ1) is 55.0. The summed E-state index contributed by atoms with van der Waals surface area (Å²) in [5.41, 5.74) is 1.97. The second-order valence-electron chi connectivity index (χ2n) is 20.4. The van der Waals surface area contributed by atoms with Crippen molar-refractivity contribution >= 4 is 32.7 Å². The Hall–Kier alpha value is -4.34. The lowest BCUT2D eigenvalue weighted by Crippen LogP contribution is -2.70. The fraction of sp³-hybridized carbons (Fsp3) is 0.625. The molecular weight excluding hydrogens is 905 g/mol. The molecule has 0 bridgehead atoms. The van der Waals surface area contributed by atoms with Gasteiger partial charge in [0.05, 0.1) is 29.8 Å². The van der Waals surface area contributed by atoms with Crippen LogP contribution in [0.25, 0.3) is 10.9 Å². The van der Waals surface area contributed by atoms with Gasteiger partial charge in [0.2, 0.25) is 15.8 Å². The Morgan fingerprint density at radius 2 is 1.63 bits per heavy atom. The van der Waals surface area contributed by atoms with Crippen LogP contribution in [0.3, 0.4) is 0 Å². The molecule has 6 unspecified atom stereocenters. The first-order valence-electron chi connectivity index (χ1n) is 26.4. The molecule has 1 aromatic heterocycles. The summed E-state index contributed by atoms with van der Waals surface area (Å²) in [4.78, 5) is 24.3.